The molecule has 2 unspecified atom stereocenters. The first-order valence-corrected chi connectivity index (χ1v) is 8.13. The molecule has 0 aromatic rings. The highest BCUT2D eigenvalue weighted by Gasteiger charge is 2.42. The van der Waals surface area contributed by atoms with Gasteiger partial charge in [-0.3, -0.25) is 0 Å². The summed E-state index contributed by atoms with van der Waals surface area (Å²) in [5.41, 5.74) is -1.58. The Bertz CT molecular complexity index is 375. The Morgan fingerprint density at radius 2 is 1.39 bits per heavy atom. The summed E-state index contributed by atoms with van der Waals surface area (Å²) in [6, 6.07) is -0.259. The monoisotopic (exact) mass is 377 g/mol. The Kier molecular flexibility index (Phi) is 9.98. The van der Waals surface area contributed by atoms with Gasteiger partial charge < -0.3 is 20.0 Å². The molecule has 0 aromatic carbocycles. The fraction of sp³-hybridized carbons (Fsp3) is 1.00. The smallest absolute Gasteiger partial charge is 0.309 e. The number of phosphoric acid groups is 1. The van der Waals surface area contributed by atoms with Crippen molar-refractivity contribution in [1.29, 1.82) is 0 Å². The summed E-state index contributed by atoms with van der Waals surface area (Å²) in [6.45, 7) is 4.61. The first-order chi connectivity index (χ1) is 9.87. The summed E-state index contributed by atoms with van der Waals surface area (Å²) in [4.78, 5) is 21.6. The Hall–Kier alpha value is -0.350. The lowest BCUT2D eigenvalue weighted by atomic mass is 9.90. The molecule has 23 heavy (non-hydrogen) atoms. The molecule has 4 N–H and O–H groups in total. The third kappa shape index (κ3) is 21.6. The van der Waals surface area contributed by atoms with E-state index in [1.54, 1.807) is 13.8 Å². The lowest BCUT2D eigenvalue weighted by Gasteiger charge is -2.35. The van der Waals surface area contributed by atoms with Crippen LogP contribution in [-0.4, -0.2) is 38.6 Å². The van der Waals surface area contributed by atoms with Crippen LogP contribution < -0.4 is 5.32 Å². The summed E-state index contributed by atoms with van der Waals surface area (Å²) in [5, 5.41) is 2.65. The van der Waals surface area contributed by atoms with Crippen LogP contribution in [-0.2, 0) is 4.57 Å². The van der Waals surface area contributed by atoms with Gasteiger partial charge in [0.05, 0.1) is 6.42 Å². The van der Waals surface area contributed by atoms with Gasteiger partial charge in [0.2, 0.25) is 0 Å². The van der Waals surface area contributed by atoms with Gasteiger partial charge in [-0.05, 0) is 26.7 Å². The summed E-state index contributed by atoms with van der Waals surface area (Å²) in [5.74, 6) is 0. The van der Waals surface area contributed by atoms with Gasteiger partial charge in [0.25, 0.3) is 0 Å². The maximum atomic E-state index is 12.4. The minimum Gasteiger partial charge on any atom is -0.309 e. The van der Waals surface area contributed by atoms with E-state index < -0.39 is 45.0 Å². The fourth-order valence-corrected chi connectivity index (χ4v) is 1.77. The second kappa shape index (κ2) is 9.22. The standard InChI is InChI=1S/C11H19F6N.H3O4P/c1-4-8(2)18-9(3,7-11(15,16)17)5-6-10(12,13)14;1-5(2,3)4/h8,18H,4-7H2,1-3H3;(H3,1,2,3,4). The van der Waals surface area contributed by atoms with Crippen molar-refractivity contribution >= 4 is 7.82 Å². The first-order valence-electron chi connectivity index (χ1n) is 6.56. The van der Waals surface area contributed by atoms with Crippen LogP contribution in [0.2, 0.25) is 0 Å². The zero-order chi connectivity index (χ0) is 19.1. The third-order valence-corrected chi connectivity index (χ3v) is 2.76. The third-order valence-electron chi connectivity index (χ3n) is 2.76. The van der Waals surface area contributed by atoms with Gasteiger partial charge in [-0.15, -0.1) is 0 Å². The van der Waals surface area contributed by atoms with Crippen molar-refractivity contribution in [2.45, 2.75) is 70.4 Å². The molecule has 5 nitrogen and oxygen atoms in total. The van der Waals surface area contributed by atoms with Gasteiger partial charge in [0.15, 0.2) is 0 Å². The normalized spacial score (nSPS) is 17.0. The topological polar surface area (TPSA) is 89.8 Å². The maximum Gasteiger partial charge on any atom is 0.466 e. The summed E-state index contributed by atoms with van der Waals surface area (Å²) in [7, 11) is -4.64. The largest absolute Gasteiger partial charge is 0.466 e. The predicted octanol–water partition coefficient (Wildman–Crippen LogP) is 3.50. The average Bonchev–Trinajstić information content (AvgIpc) is 2.20. The van der Waals surface area contributed by atoms with Crippen molar-refractivity contribution < 1.29 is 45.6 Å². The quantitative estimate of drug-likeness (QED) is 0.420. The van der Waals surface area contributed by atoms with Crippen LogP contribution >= 0.6 is 7.82 Å². The van der Waals surface area contributed by atoms with E-state index in [-0.39, 0.29) is 6.04 Å². The zero-order valence-electron chi connectivity index (χ0n) is 12.9. The average molecular weight is 377 g/mol. The van der Waals surface area contributed by atoms with E-state index in [2.05, 4.69) is 5.32 Å². The molecular formula is C11H22F6NO4P. The fourth-order valence-electron chi connectivity index (χ4n) is 1.77. The molecule has 142 valence electrons. The lowest BCUT2D eigenvalue weighted by molar-refractivity contribution is -0.162. The molecule has 0 spiro atoms. The predicted molar refractivity (Wildman–Crippen MR) is 71.5 cm³/mol. The molecule has 0 aliphatic heterocycles. The van der Waals surface area contributed by atoms with Crippen LogP contribution in [0.5, 0.6) is 0 Å². The number of hydrogen-bond donors (Lipinski definition) is 4. The van der Waals surface area contributed by atoms with Crippen molar-refractivity contribution in [3.63, 3.8) is 0 Å². The minimum atomic E-state index is -4.64. The second-order valence-electron chi connectivity index (χ2n) is 5.43. The molecule has 0 saturated heterocycles. The van der Waals surface area contributed by atoms with Crippen molar-refractivity contribution in [3.8, 4) is 0 Å². The van der Waals surface area contributed by atoms with Gasteiger partial charge in [-0.25, -0.2) is 4.57 Å². The maximum absolute atomic E-state index is 12.4. The van der Waals surface area contributed by atoms with E-state index in [4.69, 9.17) is 19.2 Å². The molecule has 0 bridgehead atoms. The molecule has 0 aliphatic rings. The molecule has 2 atom stereocenters. The highest BCUT2D eigenvalue weighted by molar-refractivity contribution is 7.45. The summed E-state index contributed by atoms with van der Waals surface area (Å²) < 4.78 is 82.5. The van der Waals surface area contributed by atoms with Gasteiger partial charge in [0, 0.05) is 18.0 Å². The SMILES string of the molecule is CCC(C)NC(C)(CCC(F)(F)F)CC(F)(F)F.O=P(O)(O)O. The zero-order valence-corrected chi connectivity index (χ0v) is 13.8. The van der Waals surface area contributed by atoms with Gasteiger partial charge in [-0.1, -0.05) is 6.92 Å². The first kappa shape index (κ1) is 24.9. The van der Waals surface area contributed by atoms with E-state index in [1.807, 2.05) is 0 Å². The lowest BCUT2D eigenvalue weighted by Crippen LogP contribution is -2.50. The van der Waals surface area contributed by atoms with Crippen LogP contribution in [0.25, 0.3) is 0 Å². The van der Waals surface area contributed by atoms with Crippen molar-refractivity contribution in [2.75, 3.05) is 0 Å². The van der Waals surface area contributed by atoms with Crippen LogP contribution in [0.4, 0.5) is 26.3 Å². The van der Waals surface area contributed by atoms with Crippen LogP contribution in [0.3, 0.4) is 0 Å². The van der Waals surface area contributed by atoms with E-state index in [0.717, 1.165) is 0 Å². The Labute approximate surface area is 130 Å². The molecule has 0 heterocycles. The Morgan fingerprint density at radius 3 is 1.65 bits per heavy atom. The van der Waals surface area contributed by atoms with Gasteiger partial charge >= 0.3 is 20.2 Å². The second-order valence-corrected chi connectivity index (χ2v) is 6.46. The van der Waals surface area contributed by atoms with Crippen molar-refractivity contribution in [3.05, 3.63) is 0 Å². The molecule has 0 amide bonds. The molecule has 0 fully saturated rings. The molecule has 12 heteroatoms. The molecule has 0 aliphatic carbocycles. The number of hydrogen-bond acceptors (Lipinski definition) is 2. The Morgan fingerprint density at radius 1 is 1.00 bits per heavy atom. The number of halogens is 6. The number of nitrogens with one attached hydrogen (secondary N) is 1. The minimum absolute atomic E-state index is 0.259. The molecule has 0 rings (SSSR count). The van der Waals surface area contributed by atoms with Gasteiger partial charge in [0.1, 0.15) is 0 Å². The summed E-state index contributed by atoms with van der Waals surface area (Å²) >= 11 is 0. The summed E-state index contributed by atoms with van der Waals surface area (Å²) in [6.07, 6.45) is -11.4. The molecule has 0 saturated carbocycles. The molecule has 0 aromatic heterocycles. The highest BCUT2D eigenvalue weighted by Crippen LogP contribution is 2.34. The Balaban J connectivity index is 0. The van der Waals surface area contributed by atoms with E-state index in [1.165, 1.54) is 6.92 Å². The molecular weight excluding hydrogens is 355 g/mol. The van der Waals surface area contributed by atoms with Crippen molar-refractivity contribution in [1.82, 2.24) is 5.32 Å². The van der Waals surface area contributed by atoms with Crippen LogP contribution in [0.1, 0.15) is 46.5 Å². The van der Waals surface area contributed by atoms with E-state index in [9.17, 15) is 26.3 Å². The molecule has 0 radical (unpaired) electrons. The van der Waals surface area contributed by atoms with E-state index >= 15 is 0 Å². The van der Waals surface area contributed by atoms with Crippen LogP contribution in [0, 0.1) is 0 Å². The highest BCUT2D eigenvalue weighted by atomic mass is 31.2. The van der Waals surface area contributed by atoms with E-state index in [0.29, 0.717) is 6.42 Å². The number of rotatable bonds is 6. The van der Waals surface area contributed by atoms with Crippen molar-refractivity contribution in [2.24, 2.45) is 0 Å². The van der Waals surface area contributed by atoms with Gasteiger partial charge in [-0.2, -0.15) is 26.3 Å². The number of alkyl halides is 6. The van der Waals surface area contributed by atoms with Crippen LogP contribution in [0.15, 0.2) is 0 Å².